The molecule has 0 unspecified atom stereocenters. The Bertz CT molecular complexity index is 978. The third-order valence-corrected chi connectivity index (χ3v) is 5.41. The number of hydrogen-bond acceptors (Lipinski definition) is 6. The number of rotatable bonds is 6. The molecule has 30 heavy (non-hydrogen) atoms. The molecule has 8 heteroatoms. The van der Waals surface area contributed by atoms with Gasteiger partial charge in [0.25, 0.3) is 5.91 Å². The molecule has 3 heterocycles. The zero-order valence-corrected chi connectivity index (χ0v) is 17.1. The van der Waals surface area contributed by atoms with Gasteiger partial charge in [0.05, 0.1) is 24.7 Å². The Kier molecular flexibility index (Phi) is 5.76. The number of amides is 1. The van der Waals surface area contributed by atoms with E-state index in [0.717, 1.165) is 24.3 Å². The van der Waals surface area contributed by atoms with E-state index in [9.17, 15) is 9.90 Å². The van der Waals surface area contributed by atoms with E-state index < -0.39 is 5.60 Å². The number of hydrogen-bond donors (Lipinski definition) is 1. The van der Waals surface area contributed by atoms with E-state index in [0.29, 0.717) is 25.1 Å². The molecule has 1 aromatic carbocycles. The molecule has 0 radical (unpaired) electrons. The number of carbonyl (C=O) groups is 1. The van der Waals surface area contributed by atoms with Gasteiger partial charge < -0.3 is 19.5 Å². The van der Waals surface area contributed by atoms with Gasteiger partial charge >= 0.3 is 0 Å². The largest absolute Gasteiger partial charge is 0.386 e. The molecule has 8 nitrogen and oxygen atoms in total. The van der Waals surface area contributed by atoms with Crippen LogP contribution in [0.4, 0.5) is 5.82 Å². The van der Waals surface area contributed by atoms with Crippen LogP contribution in [0.2, 0.25) is 0 Å². The van der Waals surface area contributed by atoms with Crippen molar-refractivity contribution in [2.24, 2.45) is 0 Å². The number of imidazole rings is 1. The van der Waals surface area contributed by atoms with Crippen LogP contribution in [0.5, 0.6) is 0 Å². The van der Waals surface area contributed by atoms with Crippen LogP contribution in [0.1, 0.15) is 28.8 Å². The molecule has 156 valence electrons. The van der Waals surface area contributed by atoms with Gasteiger partial charge in [-0.05, 0) is 30.5 Å². The minimum atomic E-state index is -0.991. The maximum atomic E-state index is 13.0. The van der Waals surface area contributed by atoms with Gasteiger partial charge in [0.15, 0.2) is 0 Å². The average molecular weight is 406 g/mol. The quantitative estimate of drug-likeness (QED) is 0.672. The number of piperidine rings is 1. The number of carbonyl (C=O) groups excluding carboxylic acids is 1. The van der Waals surface area contributed by atoms with Gasteiger partial charge in [0.1, 0.15) is 5.82 Å². The fourth-order valence-electron chi connectivity index (χ4n) is 4.02. The number of likely N-dealkylation sites (N-methyl/N-ethyl adjacent to an activating group) is 1. The smallest absolute Gasteiger partial charge is 0.253 e. The van der Waals surface area contributed by atoms with Gasteiger partial charge in [0, 0.05) is 57.0 Å². The molecule has 0 bridgehead atoms. The van der Waals surface area contributed by atoms with Crippen molar-refractivity contribution in [1.29, 1.82) is 0 Å². The Morgan fingerprint density at radius 2 is 2.17 bits per heavy atom. The predicted octanol–water partition coefficient (Wildman–Crippen LogP) is 1.82. The summed E-state index contributed by atoms with van der Waals surface area (Å²) in [5, 5.41) is 11.2. The first-order valence-corrected chi connectivity index (χ1v) is 10.1. The van der Waals surface area contributed by atoms with E-state index in [1.807, 2.05) is 39.9 Å². The molecule has 1 aliphatic heterocycles. The molecular formula is C22H26N6O2. The SMILES string of the molecule is CN(C[C@@]1(O)CCCN(c2cnccn2)C1)C(=O)c1cccc(Cn2ccnc2)c1. The summed E-state index contributed by atoms with van der Waals surface area (Å²) in [5.74, 6) is 0.643. The van der Waals surface area contributed by atoms with Crippen molar-refractivity contribution in [3.63, 3.8) is 0 Å². The lowest BCUT2D eigenvalue weighted by Crippen LogP contribution is -2.54. The second kappa shape index (κ2) is 8.62. The van der Waals surface area contributed by atoms with Crippen LogP contribution in [0, 0.1) is 0 Å². The highest BCUT2D eigenvalue weighted by atomic mass is 16.3. The number of anilines is 1. The average Bonchev–Trinajstić information content (AvgIpc) is 3.27. The van der Waals surface area contributed by atoms with E-state index in [1.165, 1.54) is 0 Å². The molecule has 0 aliphatic carbocycles. The van der Waals surface area contributed by atoms with Crippen molar-refractivity contribution in [3.05, 3.63) is 72.7 Å². The maximum absolute atomic E-state index is 13.0. The van der Waals surface area contributed by atoms with Crippen molar-refractivity contribution in [3.8, 4) is 0 Å². The topological polar surface area (TPSA) is 87.4 Å². The molecule has 0 spiro atoms. The second-order valence-electron chi connectivity index (χ2n) is 7.91. The van der Waals surface area contributed by atoms with Crippen LogP contribution in [0.15, 0.2) is 61.6 Å². The zero-order valence-electron chi connectivity index (χ0n) is 17.1. The van der Waals surface area contributed by atoms with Crippen molar-refractivity contribution >= 4 is 11.7 Å². The van der Waals surface area contributed by atoms with Crippen molar-refractivity contribution in [2.45, 2.75) is 25.0 Å². The summed E-state index contributed by atoms with van der Waals surface area (Å²) in [6.45, 7) is 2.15. The zero-order chi connectivity index (χ0) is 21.0. The first-order valence-electron chi connectivity index (χ1n) is 10.1. The summed E-state index contributed by atoms with van der Waals surface area (Å²) in [7, 11) is 1.74. The van der Waals surface area contributed by atoms with E-state index in [4.69, 9.17) is 0 Å². The molecule has 4 rings (SSSR count). The minimum absolute atomic E-state index is 0.104. The Hall–Kier alpha value is -3.26. The summed E-state index contributed by atoms with van der Waals surface area (Å²) in [6.07, 6.45) is 11.8. The fraction of sp³-hybridized carbons (Fsp3) is 0.364. The molecule has 1 fully saturated rings. The fourth-order valence-corrected chi connectivity index (χ4v) is 4.02. The summed E-state index contributed by atoms with van der Waals surface area (Å²) >= 11 is 0. The molecule has 2 aromatic heterocycles. The minimum Gasteiger partial charge on any atom is -0.386 e. The van der Waals surface area contributed by atoms with E-state index >= 15 is 0 Å². The van der Waals surface area contributed by atoms with Crippen molar-refractivity contribution in [2.75, 3.05) is 31.6 Å². The van der Waals surface area contributed by atoms with Gasteiger partial charge in [-0.3, -0.25) is 9.78 Å². The van der Waals surface area contributed by atoms with E-state index in [2.05, 4.69) is 15.0 Å². The highest BCUT2D eigenvalue weighted by Gasteiger charge is 2.36. The highest BCUT2D eigenvalue weighted by Crippen LogP contribution is 2.25. The van der Waals surface area contributed by atoms with Gasteiger partial charge in [0.2, 0.25) is 0 Å². The molecule has 1 amide bonds. The van der Waals surface area contributed by atoms with Crippen LogP contribution in [0.3, 0.4) is 0 Å². The normalized spacial score (nSPS) is 18.9. The third kappa shape index (κ3) is 4.65. The van der Waals surface area contributed by atoms with Gasteiger partial charge in [-0.1, -0.05) is 12.1 Å². The monoisotopic (exact) mass is 406 g/mol. The molecule has 1 atom stereocenters. The number of nitrogens with zero attached hydrogens (tertiary/aromatic N) is 6. The van der Waals surface area contributed by atoms with Gasteiger partial charge in [-0.2, -0.15) is 0 Å². The lowest BCUT2D eigenvalue weighted by molar-refractivity contribution is -0.000146. The van der Waals surface area contributed by atoms with Crippen LogP contribution >= 0.6 is 0 Å². The number of aromatic nitrogens is 4. The summed E-state index contributed by atoms with van der Waals surface area (Å²) in [6, 6.07) is 7.59. The highest BCUT2D eigenvalue weighted by molar-refractivity contribution is 5.94. The first kappa shape index (κ1) is 20.0. The molecule has 1 aliphatic rings. The number of benzene rings is 1. The Balaban J connectivity index is 1.42. The van der Waals surface area contributed by atoms with Crippen LogP contribution < -0.4 is 4.90 Å². The van der Waals surface area contributed by atoms with Crippen molar-refractivity contribution < 1.29 is 9.90 Å². The molecule has 1 saturated heterocycles. The van der Waals surface area contributed by atoms with Crippen LogP contribution in [-0.4, -0.2) is 67.7 Å². The first-order chi connectivity index (χ1) is 14.5. The van der Waals surface area contributed by atoms with E-state index in [-0.39, 0.29) is 12.5 Å². The maximum Gasteiger partial charge on any atom is 0.253 e. The molecule has 3 aromatic rings. The lowest BCUT2D eigenvalue weighted by atomic mass is 9.92. The predicted molar refractivity (Wildman–Crippen MR) is 113 cm³/mol. The van der Waals surface area contributed by atoms with Crippen LogP contribution in [-0.2, 0) is 6.54 Å². The Morgan fingerprint density at radius 1 is 1.27 bits per heavy atom. The van der Waals surface area contributed by atoms with Crippen LogP contribution in [0.25, 0.3) is 0 Å². The molecule has 1 N–H and O–H groups in total. The molecular weight excluding hydrogens is 380 g/mol. The van der Waals surface area contributed by atoms with E-state index in [1.54, 1.807) is 43.1 Å². The summed E-state index contributed by atoms with van der Waals surface area (Å²) in [4.78, 5) is 29.2. The Labute approximate surface area is 175 Å². The summed E-state index contributed by atoms with van der Waals surface area (Å²) in [5.41, 5.74) is 0.645. The standard InChI is InChI=1S/C22H26N6O2/c1-26(15-22(30)6-3-10-28(16-22)20-13-23-7-8-25-20)21(29)19-5-2-4-18(12-19)14-27-11-9-24-17-27/h2,4-5,7-9,11-13,17,30H,3,6,10,14-16H2,1H3/t22-/m0/s1. The lowest BCUT2D eigenvalue weighted by Gasteiger charge is -2.41. The molecule has 0 saturated carbocycles. The van der Waals surface area contributed by atoms with Crippen molar-refractivity contribution in [1.82, 2.24) is 24.4 Å². The number of β-amino-alcohol motifs (C(OH)–C–C–N with tert-alkyl or cyclic N) is 1. The third-order valence-electron chi connectivity index (χ3n) is 5.41. The summed E-state index contributed by atoms with van der Waals surface area (Å²) < 4.78 is 1.96. The van der Waals surface area contributed by atoms with Gasteiger partial charge in [-0.25, -0.2) is 9.97 Å². The van der Waals surface area contributed by atoms with Gasteiger partial charge in [-0.15, -0.1) is 0 Å². The Morgan fingerprint density at radius 3 is 2.93 bits per heavy atom. The second-order valence-corrected chi connectivity index (χ2v) is 7.91. The number of aliphatic hydroxyl groups is 1.